The number of aliphatic hydroxyl groups is 1. The summed E-state index contributed by atoms with van der Waals surface area (Å²) in [6.07, 6.45) is 0. The third-order valence-electron chi connectivity index (χ3n) is 3.35. The van der Waals surface area contributed by atoms with E-state index in [1.165, 1.54) is 0 Å². The highest BCUT2D eigenvalue weighted by Gasteiger charge is 2.19. The number of carbonyl (C=O) groups is 1. The van der Waals surface area contributed by atoms with Crippen molar-refractivity contribution in [2.45, 2.75) is 0 Å². The summed E-state index contributed by atoms with van der Waals surface area (Å²) >= 11 is 0. The van der Waals surface area contributed by atoms with Crippen LogP contribution >= 0.6 is 0 Å². The standard InChI is InChI=1S/C14H23N5O2/c1-18-5-6-19(10-18)9-14(21)17-13-8-11(15)2-3-12(13)16-4-7-20/h2-3,8,16,20H,4-7,9-10,15H2,1H3,(H,17,21). The molecule has 0 unspecified atom stereocenters. The lowest BCUT2D eigenvalue weighted by Crippen LogP contribution is -2.32. The Morgan fingerprint density at radius 1 is 1.38 bits per heavy atom. The van der Waals surface area contributed by atoms with Gasteiger partial charge in [-0.05, 0) is 25.2 Å². The van der Waals surface area contributed by atoms with E-state index in [0.717, 1.165) is 25.4 Å². The number of amides is 1. The van der Waals surface area contributed by atoms with Crippen LogP contribution in [-0.4, -0.2) is 67.3 Å². The molecule has 1 amide bonds. The molecule has 0 aromatic heterocycles. The van der Waals surface area contributed by atoms with Gasteiger partial charge in [0, 0.05) is 25.3 Å². The highest BCUT2D eigenvalue weighted by molar-refractivity contribution is 5.96. The second-order valence-electron chi connectivity index (χ2n) is 5.28. The largest absolute Gasteiger partial charge is 0.399 e. The molecule has 0 aliphatic carbocycles. The lowest BCUT2D eigenvalue weighted by atomic mass is 10.2. The van der Waals surface area contributed by atoms with Gasteiger partial charge in [0.1, 0.15) is 0 Å². The number of nitrogen functional groups attached to an aromatic ring is 1. The van der Waals surface area contributed by atoms with E-state index in [1.807, 2.05) is 7.05 Å². The Kier molecular flexibility index (Phi) is 5.38. The second-order valence-corrected chi connectivity index (χ2v) is 5.28. The van der Waals surface area contributed by atoms with Crippen molar-refractivity contribution in [3.05, 3.63) is 18.2 Å². The number of likely N-dealkylation sites (N-methyl/N-ethyl adjacent to an activating group) is 1. The summed E-state index contributed by atoms with van der Waals surface area (Å²) in [6, 6.07) is 5.27. The summed E-state index contributed by atoms with van der Waals surface area (Å²) < 4.78 is 0. The Morgan fingerprint density at radius 3 is 2.86 bits per heavy atom. The van der Waals surface area contributed by atoms with E-state index in [-0.39, 0.29) is 12.5 Å². The second kappa shape index (κ2) is 7.26. The first-order valence-corrected chi connectivity index (χ1v) is 7.03. The van der Waals surface area contributed by atoms with Gasteiger partial charge in [0.05, 0.1) is 31.2 Å². The van der Waals surface area contributed by atoms with Crippen LogP contribution in [0.25, 0.3) is 0 Å². The van der Waals surface area contributed by atoms with Gasteiger partial charge in [-0.2, -0.15) is 0 Å². The van der Waals surface area contributed by atoms with Crippen LogP contribution in [-0.2, 0) is 4.79 Å². The van der Waals surface area contributed by atoms with Crippen LogP contribution in [0.2, 0.25) is 0 Å². The van der Waals surface area contributed by atoms with Crippen LogP contribution in [0.1, 0.15) is 0 Å². The van der Waals surface area contributed by atoms with Gasteiger partial charge in [-0.25, -0.2) is 0 Å². The van der Waals surface area contributed by atoms with E-state index in [9.17, 15) is 4.79 Å². The Morgan fingerprint density at radius 2 is 2.19 bits per heavy atom. The first-order valence-electron chi connectivity index (χ1n) is 7.03. The first-order chi connectivity index (χ1) is 10.1. The van der Waals surface area contributed by atoms with Gasteiger partial charge in [0.2, 0.25) is 5.91 Å². The van der Waals surface area contributed by atoms with Gasteiger partial charge in [0.15, 0.2) is 0 Å². The quantitative estimate of drug-likeness (QED) is 0.544. The minimum atomic E-state index is -0.0667. The summed E-state index contributed by atoms with van der Waals surface area (Å²) in [5.41, 5.74) is 7.75. The van der Waals surface area contributed by atoms with Crippen LogP contribution in [0.15, 0.2) is 18.2 Å². The number of carbonyl (C=O) groups excluding carboxylic acids is 1. The number of aliphatic hydroxyl groups excluding tert-OH is 1. The lowest BCUT2D eigenvalue weighted by Gasteiger charge is -2.17. The third kappa shape index (κ3) is 4.59. The van der Waals surface area contributed by atoms with Crippen LogP contribution in [0, 0.1) is 0 Å². The minimum absolute atomic E-state index is 0.0257. The summed E-state index contributed by atoms with van der Waals surface area (Å²) in [5, 5.41) is 14.8. The predicted molar refractivity (Wildman–Crippen MR) is 84.1 cm³/mol. The zero-order valence-electron chi connectivity index (χ0n) is 12.3. The highest BCUT2D eigenvalue weighted by Crippen LogP contribution is 2.24. The smallest absolute Gasteiger partial charge is 0.238 e. The summed E-state index contributed by atoms with van der Waals surface area (Å²) in [6.45, 7) is 3.49. The Hall–Kier alpha value is -1.83. The van der Waals surface area contributed by atoms with Gasteiger partial charge >= 0.3 is 0 Å². The molecule has 0 spiro atoms. The molecule has 116 valence electrons. The predicted octanol–water partition coefficient (Wildman–Crippen LogP) is -0.184. The summed E-state index contributed by atoms with van der Waals surface area (Å²) in [4.78, 5) is 16.4. The number of benzene rings is 1. The maximum Gasteiger partial charge on any atom is 0.238 e. The van der Waals surface area contributed by atoms with E-state index >= 15 is 0 Å². The van der Waals surface area contributed by atoms with Crippen molar-refractivity contribution in [1.29, 1.82) is 0 Å². The maximum absolute atomic E-state index is 12.1. The third-order valence-corrected chi connectivity index (χ3v) is 3.35. The Labute approximate surface area is 124 Å². The van der Waals surface area contributed by atoms with Crippen molar-refractivity contribution in [3.8, 4) is 0 Å². The zero-order valence-corrected chi connectivity index (χ0v) is 12.3. The normalized spacial score (nSPS) is 16.1. The van der Waals surface area contributed by atoms with Crippen molar-refractivity contribution in [3.63, 3.8) is 0 Å². The molecular formula is C14H23N5O2. The topological polar surface area (TPSA) is 93.9 Å². The minimum Gasteiger partial charge on any atom is -0.399 e. The number of nitrogens with one attached hydrogen (secondary N) is 2. The molecule has 0 bridgehead atoms. The molecule has 5 N–H and O–H groups in total. The van der Waals surface area contributed by atoms with Crippen molar-refractivity contribution < 1.29 is 9.90 Å². The zero-order chi connectivity index (χ0) is 15.2. The molecular weight excluding hydrogens is 270 g/mol. The first kappa shape index (κ1) is 15.6. The molecule has 2 rings (SSSR count). The van der Waals surface area contributed by atoms with Crippen LogP contribution < -0.4 is 16.4 Å². The maximum atomic E-state index is 12.1. The Balaban J connectivity index is 1.97. The van der Waals surface area contributed by atoms with Crippen molar-refractivity contribution in [2.24, 2.45) is 0 Å². The van der Waals surface area contributed by atoms with E-state index in [4.69, 9.17) is 10.8 Å². The fraction of sp³-hybridized carbons (Fsp3) is 0.500. The molecule has 7 nitrogen and oxygen atoms in total. The van der Waals surface area contributed by atoms with E-state index < -0.39 is 0 Å². The van der Waals surface area contributed by atoms with E-state index in [1.54, 1.807) is 18.2 Å². The number of rotatable bonds is 6. The molecule has 1 aliphatic heterocycles. The molecule has 1 aromatic rings. The van der Waals surface area contributed by atoms with Crippen LogP contribution in [0.5, 0.6) is 0 Å². The fourth-order valence-corrected chi connectivity index (χ4v) is 2.33. The highest BCUT2D eigenvalue weighted by atomic mass is 16.3. The number of hydrogen-bond donors (Lipinski definition) is 4. The monoisotopic (exact) mass is 293 g/mol. The average Bonchev–Trinajstić information content (AvgIpc) is 2.83. The molecule has 1 saturated heterocycles. The van der Waals surface area contributed by atoms with E-state index in [0.29, 0.717) is 24.5 Å². The Bertz CT molecular complexity index is 494. The molecule has 7 heteroatoms. The van der Waals surface area contributed by atoms with Crippen LogP contribution in [0.3, 0.4) is 0 Å². The fourth-order valence-electron chi connectivity index (χ4n) is 2.33. The molecule has 21 heavy (non-hydrogen) atoms. The van der Waals surface area contributed by atoms with Gasteiger partial charge in [0.25, 0.3) is 0 Å². The molecule has 0 saturated carbocycles. The van der Waals surface area contributed by atoms with Gasteiger partial charge in [-0.1, -0.05) is 0 Å². The van der Waals surface area contributed by atoms with Gasteiger partial charge in [-0.3, -0.25) is 14.6 Å². The van der Waals surface area contributed by atoms with Crippen molar-refractivity contribution in [2.75, 3.05) is 62.9 Å². The number of anilines is 3. The van der Waals surface area contributed by atoms with E-state index in [2.05, 4.69) is 20.4 Å². The molecule has 1 heterocycles. The summed E-state index contributed by atoms with van der Waals surface area (Å²) in [7, 11) is 2.03. The summed E-state index contributed by atoms with van der Waals surface area (Å²) in [5.74, 6) is -0.0667. The van der Waals surface area contributed by atoms with Crippen molar-refractivity contribution >= 4 is 23.0 Å². The molecule has 0 atom stereocenters. The van der Waals surface area contributed by atoms with Gasteiger partial charge < -0.3 is 21.5 Å². The lowest BCUT2D eigenvalue weighted by molar-refractivity contribution is -0.117. The average molecular weight is 293 g/mol. The van der Waals surface area contributed by atoms with Crippen LogP contribution in [0.4, 0.5) is 17.1 Å². The van der Waals surface area contributed by atoms with Gasteiger partial charge in [-0.15, -0.1) is 0 Å². The molecule has 1 fully saturated rings. The number of nitrogens with two attached hydrogens (primary N) is 1. The number of nitrogens with zero attached hydrogens (tertiary/aromatic N) is 2. The molecule has 0 radical (unpaired) electrons. The van der Waals surface area contributed by atoms with Crippen molar-refractivity contribution in [1.82, 2.24) is 9.80 Å². The molecule has 1 aliphatic rings. The SMILES string of the molecule is CN1CCN(CC(=O)Nc2cc(N)ccc2NCCO)C1. The number of hydrogen-bond acceptors (Lipinski definition) is 6. The molecule has 1 aromatic carbocycles.